The lowest BCUT2D eigenvalue weighted by Gasteiger charge is -2.35. The van der Waals surface area contributed by atoms with Crippen molar-refractivity contribution in [2.75, 3.05) is 31.9 Å². The van der Waals surface area contributed by atoms with E-state index in [9.17, 15) is 4.79 Å². The summed E-state index contributed by atoms with van der Waals surface area (Å²) in [5.41, 5.74) is 10.4. The van der Waals surface area contributed by atoms with E-state index in [-0.39, 0.29) is 30.7 Å². The highest BCUT2D eigenvalue weighted by Crippen LogP contribution is 2.15. The van der Waals surface area contributed by atoms with Gasteiger partial charge >= 0.3 is 0 Å². The largest absolute Gasteiger partial charge is 0.399 e. The number of amides is 1. The fourth-order valence-electron chi connectivity index (χ4n) is 3.39. The Labute approximate surface area is 174 Å². The Morgan fingerprint density at radius 1 is 1.00 bits per heavy atom. The Morgan fingerprint density at radius 2 is 1.70 bits per heavy atom. The van der Waals surface area contributed by atoms with Crippen LogP contribution in [0.1, 0.15) is 23.1 Å². The number of nitrogens with two attached hydrogens (primary N) is 1. The van der Waals surface area contributed by atoms with Gasteiger partial charge in [0.05, 0.1) is 0 Å². The number of anilines is 1. The molecule has 0 radical (unpaired) electrons. The van der Waals surface area contributed by atoms with Crippen LogP contribution < -0.4 is 5.73 Å². The number of nitrogens with zero attached hydrogens (tertiary/aromatic N) is 2. The second kappa shape index (κ2) is 11.2. The van der Waals surface area contributed by atoms with E-state index >= 15 is 0 Å². The summed E-state index contributed by atoms with van der Waals surface area (Å²) >= 11 is 0. The van der Waals surface area contributed by atoms with E-state index in [1.807, 2.05) is 29.2 Å². The summed E-state index contributed by atoms with van der Waals surface area (Å²) in [5.74, 6) is 0.235. The van der Waals surface area contributed by atoms with Crippen molar-refractivity contribution in [2.24, 2.45) is 0 Å². The molecule has 0 atom stereocenters. The van der Waals surface area contributed by atoms with Gasteiger partial charge in [0, 0.05) is 44.8 Å². The van der Waals surface area contributed by atoms with E-state index in [0.29, 0.717) is 6.42 Å². The number of rotatable bonds is 5. The highest BCUT2D eigenvalue weighted by molar-refractivity contribution is 5.85. The molecule has 0 aliphatic carbocycles. The standard InChI is InChI=1S/C21H27N3O.2ClH/c1-17-5-4-6-18(15-17)16-23-11-13-24(14-12-23)21(25)10-9-19-7-2-3-8-20(19)22;;/h2-8,15H,9-14,16,22H2,1H3;2*1H. The van der Waals surface area contributed by atoms with Crippen molar-refractivity contribution < 1.29 is 4.79 Å². The maximum absolute atomic E-state index is 12.5. The first-order valence-corrected chi connectivity index (χ1v) is 9.01. The summed E-state index contributed by atoms with van der Waals surface area (Å²) in [6, 6.07) is 16.4. The quantitative estimate of drug-likeness (QED) is 0.765. The van der Waals surface area contributed by atoms with Gasteiger partial charge in [0.15, 0.2) is 0 Å². The minimum atomic E-state index is 0. The van der Waals surface area contributed by atoms with Gasteiger partial charge in [-0.05, 0) is 30.5 Å². The number of aryl methyl sites for hydroxylation is 2. The molecule has 1 aliphatic rings. The second-order valence-electron chi connectivity index (χ2n) is 6.84. The highest BCUT2D eigenvalue weighted by atomic mass is 35.5. The Morgan fingerprint density at radius 3 is 2.37 bits per heavy atom. The van der Waals surface area contributed by atoms with E-state index < -0.39 is 0 Å². The number of para-hydroxylation sites is 1. The topological polar surface area (TPSA) is 49.6 Å². The molecule has 0 spiro atoms. The number of benzene rings is 2. The van der Waals surface area contributed by atoms with Crippen molar-refractivity contribution in [3.63, 3.8) is 0 Å². The summed E-state index contributed by atoms with van der Waals surface area (Å²) in [6.45, 7) is 6.59. The zero-order valence-corrected chi connectivity index (χ0v) is 17.4. The average Bonchev–Trinajstić information content (AvgIpc) is 2.61. The monoisotopic (exact) mass is 409 g/mol. The summed E-state index contributed by atoms with van der Waals surface area (Å²) in [4.78, 5) is 16.9. The van der Waals surface area contributed by atoms with Crippen LogP contribution in [-0.2, 0) is 17.8 Å². The van der Waals surface area contributed by atoms with Crippen molar-refractivity contribution >= 4 is 36.4 Å². The van der Waals surface area contributed by atoms with Gasteiger partial charge < -0.3 is 10.6 Å². The summed E-state index contributed by atoms with van der Waals surface area (Å²) in [6.07, 6.45) is 1.25. The normalized spacial score (nSPS) is 14.2. The molecule has 148 valence electrons. The molecule has 1 heterocycles. The molecule has 0 saturated carbocycles. The highest BCUT2D eigenvalue weighted by Gasteiger charge is 2.21. The van der Waals surface area contributed by atoms with Gasteiger partial charge in [-0.2, -0.15) is 0 Å². The number of carbonyl (C=O) groups is 1. The molecule has 6 heteroatoms. The van der Waals surface area contributed by atoms with Crippen molar-refractivity contribution in [1.82, 2.24) is 9.80 Å². The molecule has 4 nitrogen and oxygen atoms in total. The fourth-order valence-corrected chi connectivity index (χ4v) is 3.39. The average molecular weight is 410 g/mol. The van der Waals surface area contributed by atoms with Crippen LogP contribution in [0.25, 0.3) is 0 Å². The number of nitrogen functional groups attached to an aromatic ring is 1. The molecule has 27 heavy (non-hydrogen) atoms. The maximum Gasteiger partial charge on any atom is 0.222 e. The summed E-state index contributed by atoms with van der Waals surface area (Å²) in [7, 11) is 0. The minimum Gasteiger partial charge on any atom is -0.399 e. The Balaban J connectivity index is 0.00000182. The van der Waals surface area contributed by atoms with E-state index in [0.717, 1.165) is 50.4 Å². The molecule has 1 fully saturated rings. The van der Waals surface area contributed by atoms with E-state index in [4.69, 9.17) is 5.73 Å². The van der Waals surface area contributed by atoms with Crippen LogP contribution in [0, 0.1) is 6.92 Å². The zero-order valence-electron chi connectivity index (χ0n) is 15.8. The molecule has 3 rings (SSSR count). The number of hydrogen-bond donors (Lipinski definition) is 1. The molecule has 0 aromatic heterocycles. The molecule has 2 aromatic rings. The van der Waals surface area contributed by atoms with Crippen molar-refractivity contribution in [3.8, 4) is 0 Å². The third kappa shape index (κ3) is 6.73. The molecule has 2 aromatic carbocycles. The van der Waals surface area contributed by atoms with E-state index in [2.05, 4.69) is 36.1 Å². The van der Waals surface area contributed by atoms with E-state index in [1.165, 1.54) is 11.1 Å². The fraction of sp³-hybridized carbons (Fsp3) is 0.381. The van der Waals surface area contributed by atoms with Gasteiger partial charge in [-0.25, -0.2) is 0 Å². The molecule has 1 amide bonds. The minimum absolute atomic E-state index is 0. The lowest BCUT2D eigenvalue weighted by atomic mass is 10.1. The van der Waals surface area contributed by atoms with Gasteiger partial charge in [0.25, 0.3) is 0 Å². The molecular weight excluding hydrogens is 381 g/mol. The van der Waals surface area contributed by atoms with Gasteiger partial charge in [0.2, 0.25) is 5.91 Å². The van der Waals surface area contributed by atoms with Crippen LogP contribution in [0.5, 0.6) is 0 Å². The first kappa shape index (κ1) is 23.3. The first-order chi connectivity index (χ1) is 12.1. The maximum atomic E-state index is 12.5. The number of piperazine rings is 1. The second-order valence-corrected chi connectivity index (χ2v) is 6.84. The van der Waals surface area contributed by atoms with Crippen LogP contribution in [0.2, 0.25) is 0 Å². The number of hydrogen-bond acceptors (Lipinski definition) is 3. The van der Waals surface area contributed by atoms with Crippen molar-refractivity contribution in [1.29, 1.82) is 0 Å². The Kier molecular flexibility index (Phi) is 9.64. The molecule has 1 aliphatic heterocycles. The van der Waals surface area contributed by atoms with E-state index in [1.54, 1.807) is 0 Å². The van der Waals surface area contributed by atoms with Crippen LogP contribution >= 0.6 is 24.8 Å². The SMILES string of the molecule is Cc1cccc(CN2CCN(C(=O)CCc3ccccc3N)CC2)c1.Cl.Cl. The molecule has 1 saturated heterocycles. The molecule has 2 N–H and O–H groups in total. The lowest BCUT2D eigenvalue weighted by molar-refractivity contribution is -0.132. The Bertz CT molecular complexity index is 731. The zero-order chi connectivity index (χ0) is 17.6. The van der Waals surface area contributed by atoms with Crippen LogP contribution in [0.3, 0.4) is 0 Å². The molecule has 0 unspecified atom stereocenters. The summed E-state index contributed by atoms with van der Waals surface area (Å²) in [5, 5.41) is 0. The van der Waals surface area contributed by atoms with Gasteiger partial charge in [0.1, 0.15) is 0 Å². The Hall–Kier alpha value is -1.75. The number of halogens is 2. The third-order valence-corrected chi connectivity index (χ3v) is 4.88. The van der Waals surface area contributed by atoms with Gasteiger partial charge in [-0.1, -0.05) is 48.0 Å². The molecular formula is C21H29Cl2N3O. The third-order valence-electron chi connectivity index (χ3n) is 4.88. The predicted molar refractivity (Wildman–Crippen MR) is 117 cm³/mol. The van der Waals surface area contributed by atoms with Crippen LogP contribution in [-0.4, -0.2) is 41.9 Å². The number of carbonyl (C=O) groups excluding carboxylic acids is 1. The lowest BCUT2D eigenvalue weighted by Crippen LogP contribution is -2.48. The first-order valence-electron chi connectivity index (χ1n) is 9.01. The van der Waals surface area contributed by atoms with Crippen LogP contribution in [0.4, 0.5) is 5.69 Å². The van der Waals surface area contributed by atoms with Crippen molar-refractivity contribution in [3.05, 3.63) is 65.2 Å². The summed E-state index contributed by atoms with van der Waals surface area (Å²) < 4.78 is 0. The van der Waals surface area contributed by atoms with Gasteiger partial charge in [-0.15, -0.1) is 24.8 Å². The molecule has 0 bridgehead atoms. The van der Waals surface area contributed by atoms with Crippen molar-refractivity contribution in [2.45, 2.75) is 26.3 Å². The predicted octanol–water partition coefficient (Wildman–Crippen LogP) is 3.70. The van der Waals surface area contributed by atoms with Gasteiger partial charge in [-0.3, -0.25) is 9.69 Å². The smallest absolute Gasteiger partial charge is 0.222 e. The van der Waals surface area contributed by atoms with Crippen LogP contribution in [0.15, 0.2) is 48.5 Å².